The molecule has 2 rings (SSSR count). The van der Waals surface area contributed by atoms with Crippen molar-refractivity contribution in [2.45, 2.75) is 26.3 Å². The van der Waals surface area contributed by atoms with E-state index in [9.17, 15) is 4.79 Å². The average Bonchev–Trinajstić information content (AvgIpc) is 2.83. The number of aliphatic carboxylic acids is 1. The van der Waals surface area contributed by atoms with Crippen molar-refractivity contribution in [2.75, 3.05) is 11.9 Å². The number of rotatable bonds is 5. The quantitative estimate of drug-likeness (QED) is 0.785. The lowest BCUT2D eigenvalue weighted by Gasteiger charge is -2.15. The molecule has 6 heteroatoms. The molecular formula is C13H17N3O3. The standard InChI is InChI=1S/C13H17N3O3/c1-3-19-12-8(2)11(14-7-15-12)16-10-5-4-9(6-10)13(17)18/h4-5,7,9-10H,3,6H2,1-2H3,(H,17,18)(H,14,15,16). The first-order chi connectivity index (χ1) is 9.11. The van der Waals surface area contributed by atoms with Crippen LogP contribution >= 0.6 is 0 Å². The minimum absolute atomic E-state index is 0.0239. The summed E-state index contributed by atoms with van der Waals surface area (Å²) >= 11 is 0. The largest absolute Gasteiger partial charge is 0.481 e. The molecule has 2 N–H and O–H groups in total. The fourth-order valence-electron chi connectivity index (χ4n) is 2.03. The number of anilines is 1. The average molecular weight is 263 g/mol. The monoisotopic (exact) mass is 263 g/mol. The second-order valence-electron chi connectivity index (χ2n) is 4.40. The Labute approximate surface area is 111 Å². The van der Waals surface area contributed by atoms with E-state index in [1.807, 2.05) is 19.9 Å². The van der Waals surface area contributed by atoms with Gasteiger partial charge in [0, 0.05) is 6.04 Å². The number of hydrogen-bond donors (Lipinski definition) is 2. The lowest BCUT2D eigenvalue weighted by atomic mass is 10.1. The van der Waals surface area contributed by atoms with Crippen molar-refractivity contribution in [3.63, 3.8) is 0 Å². The molecule has 6 nitrogen and oxygen atoms in total. The molecule has 0 saturated heterocycles. The molecule has 1 aliphatic rings. The zero-order valence-corrected chi connectivity index (χ0v) is 11.0. The number of ether oxygens (including phenoxy) is 1. The van der Waals surface area contributed by atoms with Crippen LogP contribution in [0.25, 0.3) is 0 Å². The summed E-state index contributed by atoms with van der Waals surface area (Å²) in [5.74, 6) is 0.0110. The van der Waals surface area contributed by atoms with Gasteiger partial charge in [-0.05, 0) is 20.3 Å². The van der Waals surface area contributed by atoms with Crippen molar-refractivity contribution in [3.05, 3.63) is 24.0 Å². The maximum Gasteiger partial charge on any atom is 0.310 e. The third kappa shape index (κ3) is 3.01. The van der Waals surface area contributed by atoms with Crippen LogP contribution in [0.2, 0.25) is 0 Å². The third-order valence-corrected chi connectivity index (χ3v) is 3.04. The fraction of sp³-hybridized carbons (Fsp3) is 0.462. The Kier molecular flexibility index (Phi) is 3.99. The van der Waals surface area contributed by atoms with Crippen LogP contribution in [0.5, 0.6) is 5.88 Å². The predicted octanol–water partition coefficient (Wildman–Crippen LogP) is 1.62. The number of carboxylic acid groups (broad SMARTS) is 1. The van der Waals surface area contributed by atoms with Crippen molar-refractivity contribution >= 4 is 11.8 Å². The second-order valence-corrected chi connectivity index (χ2v) is 4.40. The summed E-state index contributed by atoms with van der Waals surface area (Å²) in [6, 6.07) is -0.0239. The van der Waals surface area contributed by atoms with E-state index < -0.39 is 11.9 Å². The molecule has 0 fully saturated rings. The Morgan fingerprint density at radius 3 is 2.95 bits per heavy atom. The lowest BCUT2D eigenvalue weighted by molar-refractivity contribution is -0.140. The minimum Gasteiger partial charge on any atom is -0.481 e. The minimum atomic E-state index is -0.796. The Bertz CT molecular complexity index is 502. The maximum absolute atomic E-state index is 10.9. The Hall–Kier alpha value is -2.11. The highest BCUT2D eigenvalue weighted by Crippen LogP contribution is 2.25. The zero-order valence-electron chi connectivity index (χ0n) is 11.0. The van der Waals surface area contributed by atoms with Crippen LogP contribution in [-0.2, 0) is 4.79 Å². The molecule has 2 atom stereocenters. The first-order valence-electron chi connectivity index (χ1n) is 6.24. The SMILES string of the molecule is CCOc1ncnc(NC2C=CC(C(=O)O)C2)c1C. The summed E-state index contributed by atoms with van der Waals surface area (Å²) < 4.78 is 5.40. The first kappa shape index (κ1) is 13.3. The zero-order chi connectivity index (χ0) is 13.8. The van der Waals surface area contributed by atoms with Crippen molar-refractivity contribution in [3.8, 4) is 5.88 Å². The summed E-state index contributed by atoms with van der Waals surface area (Å²) in [5.41, 5.74) is 0.830. The van der Waals surface area contributed by atoms with E-state index in [4.69, 9.17) is 9.84 Å². The van der Waals surface area contributed by atoms with Gasteiger partial charge in [-0.2, -0.15) is 0 Å². The van der Waals surface area contributed by atoms with Gasteiger partial charge in [0.15, 0.2) is 0 Å². The van der Waals surface area contributed by atoms with E-state index in [2.05, 4.69) is 15.3 Å². The van der Waals surface area contributed by atoms with Crippen LogP contribution in [0.1, 0.15) is 18.9 Å². The van der Waals surface area contributed by atoms with Gasteiger partial charge in [0.25, 0.3) is 0 Å². The second kappa shape index (κ2) is 5.69. The van der Waals surface area contributed by atoms with Crippen LogP contribution in [0.15, 0.2) is 18.5 Å². The Morgan fingerprint density at radius 1 is 1.53 bits per heavy atom. The highest BCUT2D eigenvalue weighted by Gasteiger charge is 2.25. The van der Waals surface area contributed by atoms with Gasteiger partial charge < -0.3 is 15.2 Å². The van der Waals surface area contributed by atoms with Gasteiger partial charge in [-0.1, -0.05) is 12.2 Å². The smallest absolute Gasteiger partial charge is 0.310 e. The van der Waals surface area contributed by atoms with Crippen LogP contribution in [0.4, 0.5) is 5.82 Å². The summed E-state index contributed by atoms with van der Waals surface area (Å²) in [6.45, 7) is 4.31. The topological polar surface area (TPSA) is 84.3 Å². The molecule has 0 radical (unpaired) electrons. The molecule has 0 aliphatic heterocycles. The number of aromatic nitrogens is 2. The van der Waals surface area contributed by atoms with E-state index in [-0.39, 0.29) is 6.04 Å². The number of nitrogens with one attached hydrogen (secondary N) is 1. The summed E-state index contributed by atoms with van der Waals surface area (Å²) in [4.78, 5) is 19.1. The molecule has 19 heavy (non-hydrogen) atoms. The van der Waals surface area contributed by atoms with Gasteiger partial charge in [0.2, 0.25) is 5.88 Å². The molecule has 1 aliphatic carbocycles. The molecule has 1 aromatic rings. The van der Waals surface area contributed by atoms with E-state index in [1.54, 1.807) is 6.08 Å². The summed E-state index contributed by atoms with van der Waals surface area (Å²) in [7, 11) is 0. The summed E-state index contributed by atoms with van der Waals surface area (Å²) in [6.07, 6.45) is 5.54. The molecule has 1 aromatic heterocycles. The van der Waals surface area contributed by atoms with Crippen LogP contribution in [-0.4, -0.2) is 33.7 Å². The molecule has 102 valence electrons. The van der Waals surface area contributed by atoms with Crippen molar-refractivity contribution in [1.29, 1.82) is 0 Å². The van der Waals surface area contributed by atoms with Gasteiger partial charge in [0.05, 0.1) is 18.1 Å². The fourth-order valence-corrected chi connectivity index (χ4v) is 2.03. The number of carboxylic acids is 1. The van der Waals surface area contributed by atoms with E-state index in [1.165, 1.54) is 6.33 Å². The van der Waals surface area contributed by atoms with E-state index in [0.717, 1.165) is 5.56 Å². The van der Waals surface area contributed by atoms with Crippen molar-refractivity contribution in [1.82, 2.24) is 9.97 Å². The van der Waals surface area contributed by atoms with Crippen molar-refractivity contribution < 1.29 is 14.6 Å². The number of carbonyl (C=O) groups is 1. The normalized spacial score (nSPS) is 21.4. The lowest BCUT2D eigenvalue weighted by Crippen LogP contribution is -2.20. The van der Waals surface area contributed by atoms with Crippen LogP contribution < -0.4 is 10.1 Å². The molecule has 0 saturated carbocycles. The molecule has 0 spiro atoms. The number of hydrogen-bond acceptors (Lipinski definition) is 5. The maximum atomic E-state index is 10.9. The van der Waals surface area contributed by atoms with Crippen LogP contribution in [0.3, 0.4) is 0 Å². The van der Waals surface area contributed by atoms with Crippen molar-refractivity contribution in [2.24, 2.45) is 5.92 Å². The number of nitrogens with zero attached hydrogens (tertiary/aromatic N) is 2. The molecule has 1 heterocycles. The van der Waals surface area contributed by atoms with Gasteiger partial charge in [-0.25, -0.2) is 9.97 Å². The van der Waals surface area contributed by atoms with Gasteiger partial charge in [-0.15, -0.1) is 0 Å². The van der Waals surface area contributed by atoms with Gasteiger partial charge in [0.1, 0.15) is 12.1 Å². The molecule has 0 aromatic carbocycles. The van der Waals surface area contributed by atoms with E-state index in [0.29, 0.717) is 24.7 Å². The first-order valence-corrected chi connectivity index (χ1v) is 6.24. The molecular weight excluding hydrogens is 246 g/mol. The van der Waals surface area contributed by atoms with Gasteiger partial charge in [-0.3, -0.25) is 4.79 Å². The van der Waals surface area contributed by atoms with Gasteiger partial charge >= 0.3 is 5.97 Å². The third-order valence-electron chi connectivity index (χ3n) is 3.04. The Morgan fingerprint density at radius 2 is 2.32 bits per heavy atom. The van der Waals surface area contributed by atoms with Crippen LogP contribution in [0, 0.1) is 12.8 Å². The van der Waals surface area contributed by atoms with E-state index >= 15 is 0 Å². The molecule has 0 bridgehead atoms. The Balaban J connectivity index is 2.06. The molecule has 2 unspecified atom stereocenters. The highest BCUT2D eigenvalue weighted by molar-refractivity contribution is 5.73. The molecule has 0 amide bonds. The predicted molar refractivity (Wildman–Crippen MR) is 70.2 cm³/mol. The summed E-state index contributed by atoms with van der Waals surface area (Å²) in [5, 5.41) is 12.2. The highest BCUT2D eigenvalue weighted by atomic mass is 16.5.